The van der Waals surface area contributed by atoms with Crippen molar-refractivity contribution in [3.05, 3.63) is 24.8 Å². The number of allylic oxidation sites excluding steroid dienone is 2. The minimum atomic E-state index is 0. The molecule has 0 saturated heterocycles. The van der Waals surface area contributed by atoms with Gasteiger partial charge in [0.15, 0.2) is 0 Å². The third-order valence-corrected chi connectivity index (χ3v) is 1.74. The minimum absolute atomic E-state index is 0. The molecule has 0 aromatic carbocycles. The van der Waals surface area contributed by atoms with E-state index in [1.807, 2.05) is 13.8 Å². The van der Waals surface area contributed by atoms with Crippen molar-refractivity contribution >= 4 is 5.84 Å². The molecule has 0 saturated carbocycles. The quantitative estimate of drug-likeness (QED) is 0.457. The highest BCUT2D eigenvalue weighted by Gasteiger charge is 1.81. The van der Waals surface area contributed by atoms with Crippen LogP contribution in [0.15, 0.2) is 29.8 Å². The summed E-state index contributed by atoms with van der Waals surface area (Å²) in [6.45, 7) is 14.1. The van der Waals surface area contributed by atoms with E-state index in [2.05, 4.69) is 37.4 Å². The number of rotatable bonds is 4. The molecule has 2 N–H and O–H groups in total. The van der Waals surface area contributed by atoms with Gasteiger partial charge in [0, 0.05) is 8.47 Å². The maximum atomic E-state index is 5.27. The Kier molecular flexibility index (Phi) is 24.8. The summed E-state index contributed by atoms with van der Waals surface area (Å²) in [7, 11) is 3.75. The average Bonchev–Trinajstić information content (AvgIpc) is 2.37. The first-order chi connectivity index (χ1) is 7.62. The molecule has 0 radical (unpaired) electrons. The SMILES string of the molecule is C=C/C=C\C(N)=NC.CC.CCN(C)CC.[HH]. The van der Waals surface area contributed by atoms with Crippen LogP contribution in [-0.4, -0.2) is 37.9 Å². The van der Waals surface area contributed by atoms with Crippen LogP contribution in [0.5, 0.6) is 0 Å². The van der Waals surface area contributed by atoms with Crippen molar-refractivity contribution in [1.29, 1.82) is 0 Å². The summed E-state index contributed by atoms with van der Waals surface area (Å²) in [6.07, 6.45) is 5.08. The first-order valence-electron chi connectivity index (χ1n) is 5.82. The van der Waals surface area contributed by atoms with Crippen molar-refractivity contribution in [2.45, 2.75) is 27.7 Å². The second-order valence-electron chi connectivity index (χ2n) is 2.73. The van der Waals surface area contributed by atoms with E-state index in [0.717, 1.165) is 13.1 Å². The lowest BCUT2D eigenvalue weighted by molar-refractivity contribution is 0.373. The van der Waals surface area contributed by atoms with E-state index >= 15 is 0 Å². The molecule has 98 valence electrons. The van der Waals surface area contributed by atoms with Gasteiger partial charge in [-0.1, -0.05) is 46.4 Å². The zero-order valence-corrected chi connectivity index (χ0v) is 11.8. The molecule has 0 fully saturated rings. The van der Waals surface area contributed by atoms with Gasteiger partial charge in [-0.15, -0.1) is 0 Å². The van der Waals surface area contributed by atoms with Gasteiger partial charge in [0.2, 0.25) is 0 Å². The molecule has 3 nitrogen and oxygen atoms in total. The first-order valence-corrected chi connectivity index (χ1v) is 5.82. The molecule has 0 aliphatic carbocycles. The first kappa shape index (κ1) is 20.3. The maximum absolute atomic E-state index is 5.27. The molecule has 3 heteroatoms. The van der Waals surface area contributed by atoms with Crippen LogP contribution in [0.3, 0.4) is 0 Å². The summed E-state index contributed by atoms with van der Waals surface area (Å²) in [4.78, 5) is 5.94. The van der Waals surface area contributed by atoms with Gasteiger partial charge in [0.1, 0.15) is 5.84 Å². The Labute approximate surface area is 103 Å². The number of aliphatic imine (C=N–C) groups is 1. The number of hydrogen-bond donors (Lipinski definition) is 1. The average molecular weight is 229 g/mol. The normalized spacial score (nSPS) is 10.3. The lowest BCUT2D eigenvalue weighted by Gasteiger charge is -2.07. The Morgan fingerprint density at radius 2 is 1.81 bits per heavy atom. The van der Waals surface area contributed by atoms with Gasteiger partial charge in [-0.05, 0) is 26.2 Å². The van der Waals surface area contributed by atoms with E-state index in [1.165, 1.54) is 0 Å². The van der Waals surface area contributed by atoms with E-state index in [0.29, 0.717) is 5.84 Å². The van der Waals surface area contributed by atoms with E-state index < -0.39 is 0 Å². The van der Waals surface area contributed by atoms with Crippen molar-refractivity contribution in [3.8, 4) is 0 Å². The third kappa shape index (κ3) is 23.1. The van der Waals surface area contributed by atoms with Gasteiger partial charge in [-0.3, -0.25) is 4.99 Å². The van der Waals surface area contributed by atoms with E-state index in [4.69, 9.17) is 5.73 Å². The van der Waals surface area contributed by atoms with E-state index in [1.54, 1.807) is 25.3 Å². The fourth-order valence-corrected chi connectivity index (χ4v) is 0.465. The summed E-state index contributed by atoms with van der Waals surface area (Å²) in [5.74, 6) is 0.518. The molecular weight excluding hydrogens is 198 g/mol. The topological polar surface area (TPSA) is 41.6 Å². The highest BCUT2D eigenvalue weighted by Crippen LogP contribution is 1.74. The molecule has 0 heterocycles. The summed E-state index contributed by atoms with van der Waals surface area (Å²) in [5, 5.41) is 0. The molecule has 0 aliphatic heterocycles. The highest BCUT2D eigenvalue weighted by molar-refractivity contribution is 5.91. The van der Waals surface area contributed by atoms with Gasteiger partial charge in [0.05, 0.1) is 0 Å². The van der Waals surface area contributed by atoms with Crippen molar-refractivity contribution in [3.63, 3.8) is 0 Å². The van der Waals surface area contributed by atoms with Gasteiger partial charge < -0.3 is 10.6 Å². The summed E-state index contributed by atoms with van der Waals surface area (Å²) >= 11 is 0. The smallest absolute Gasteiger partial charge is 0.117 e. The van der Waals surface area contributed by atoms with Crippen molar-refractivity contribution < 1.29 is 1.43 Å². The lowest BCUT2D eigenvalue weighted by Crippen LogP contribution is -2.15. The molecule has 0 aromatic rings. The molecule has 0 rings (SSSR count). The zero-order valence-electron chi connectivity index (χ0n) is 11.8. The number of amidine groups is 1. The molecule has 0 spiro atoms. The number of hydrogen-bond acceptors (Lipinski definition) is 2. The molecule has 16 heavy (non-hydrogen) atoms. The Morgan fingerprint density at radius 1 is 1.38 bits per heavy atom. The van der Waals surface area contributed by atoms with Crippen LogP contribution in [0.4, 0.5) is 0 Å². The largest absolute Gasteiger partial charge is 0.384 e. The van der Waals surface area contributed by atoms with Crippen LogP contribution in [0.1, 0.15) is 29.1 Å². The van der Waals surface area contributed by atoms with E-state index in [9.17, 15) is 0 Å². The molecule has 0 atom stereocenters. The van der Waals surface area contributed by atoms with Crippen molar-refractivity contribution in [2.75, 3.05) is 27.2 Å². The van der Waals surface area contributed by atoms with Crippen LogP contribution < -0.4 is 5.73 Å². The van der Waals surface area contributed by atoms with Crippen LogP contribution >= 0.6 is 0 Å². The molecule has 0 bridgehead atoms. The second-order valence-corrected chi connectivity index (χ2v) is 2.73. The van der Waals surface area contributed by atoms with Gasteiger partial charge in [0.25, 0.3) is 0 Å². The fourth-order valence-electron chi connectivity index (χ4n) is 0.465. The summed E-state index contributed by atoms with van der Waals surface area (Å²) in [5.41, 5.74) is 5.27. The van der Waals surface area contributed by atoms with Gasteiger partial charge >= 0.3 is 0 Å². The third-order valence-electron chi connectivity index (χ3n) is 1.74. The van der Waals surface area contributed by atoms with Crippen molar-refractivity contribution in [1.82, 2.24) is 4.90 Å². The highest BCUT2D eigenvalue weighted by atomic mass is 15.1. The molecule has 0 aromatic heterocycles. The summed E-state index contributed by atoms with van der Waals surface area (Å²) < 4.78 is 0. The molecule has 0 aliphatic rings. The molecule has 0 amide bonds. The molecule has 0 unspecified atom stereocenters. The van der Waals surface area contributed by atoms with Crippen molar-refractivity contribution in [2.24, 2.45) is 10.7 Å². The zero-order chi connectivity index (χ0) is 13.4. The predicted molar refractivity (Wildman–Crippen MR) is 79.2 cm³/mol. The monoisotopic (exact) mass is 229 g/mol. The Balaban J connectivity index is -0.0000000844. The van der Waals surface area contributed by atoms with Crippen LogP contribution in [0, 0.1) is 0 Å². The van der Waals surface area contributed by atoms with Crippen LogP contribution in [-0.2, 0) is 0 Å². The lowest BCUT2D eigenvalue weighted by atomic mass is 10.4. The number of nitrogens with zero attached hydrogens (tertiary/aromatic N) is 2. The number of nitrogens with two attached hydrogens (primary N) is 1. The van der Waals surface area contributed by atoms with Crippen LogP contribution in [0.2, 0.25) is 0 Å². The van der Waals surface area contributed by atoms with Crippen LogP contribution in [0.25, 0.3) is 0 Å². The predicted octanol–water partition coefficient (Wildman–Crippen LogP) is 2.95. The van der Waals surface area contributed by atoms with E-state index in [-0.39, 0.29) is 1.43 Å². The fraction of sp³-hybridized carbons (Fsp3) is 0.615. The Hall–Kier alpha value is -1.09. The standard InChI is InChI=1S/C6H10N2.C5H13N.C2H6.H2/c1-3-4-5-6(7)8-2;1-4-6(3)5-2;1-2;/h3-5H,1H2,2H3,(H2,7,8);4-5H2,1-3H3;1-2H3;1H/b5-4-;;;. The molecular formula is C13H31N3. The minimum Gasteiger partial charge on any atom is -0.384 e. The van der Waals surface area contributed by atoms with Gasteiger partial charge in [-0.2, -0.15) is 0 Å². The second kappa shape index (κ2) is 19.5. The summed E-state index contributed by atoms with van der Waals surface area (Å²) in [6, 6.07) is 0. The Bertz CT molecular complexity index is 185. The van der Waals surface area contributed by atoms with Gasteiger partial charge in [-0.25, -0.2) is 0 Å². The Morgan fingerprint density at radius 3 is 2.00 bits per heavy atom. The maximum Gasteiger partial charge on any atom is 0.117 e.